The number of anilines is 2. The molecule has 11 heteroatoms. The number of likely N-dealkylation sites (tertiary alicyclic amines) is 1. The van der Waals surface area contributed by atoms with Gasteiger partial charge in [-0.3, -0.25) is 4.72 Å². The zero-order valence-electron chi connectivity index (χ0n) is 17.0. The number of methoxy groups -OCH3 is 1. The molecule has 0 amide bonds. The Bertz CT molecular complexity index is 1030. The van der Waals surface area contributed by atoms with Gasteiger partial charge in [0.15, 0.2) is 16.8 Å². The van der Waals surface area contributed by atoms with Crippen molar-refractivity contribution < 1.29 is 22.1 Å². The summed E-state index contributed by atoms with van der Waals surface area (Å²) in [6.45, 7) is 1.93. The highest BCUT2D eigenvalue weighted by Crippen LogP contribution is 2.42. The molecule has 2 aliphatic rings. The molecule has 0 bridgehead atoms. The van der Waals surface area contributed by atoms with Gasteiger partial charge in [-0.15, -0.1) is 0 Å². The van der Waals surface area contributed by atoms with Crippen molar-refractivity contribution in [1.82, 2.24) is 9.88 Å². The molecular weight excluding hydrogens is 453 g/mol. The number of benzene rings is 1. The van der Waals surface area contributed by atoms with Crippen molar-refractivity contribution in [3.8, 4) is 0 Å². The minimum atomic E-state index is -2.37. The normalized spacial score (nSPS) is 24.8. The van der Waals surface area contributed by atoms with Crippen LogP contribution in [0.3, 0.4) is 0 Å². The first-order chi connectivity index (χ1) is 14.8. The second-order valence-electron chi connectivity index (χ2n) is 7.78. The Morgan fingerprint density at radius 3 is 2.71 bits per heavy atom. The first kappa shape index (κ1) is 22.3. The molecule has 4 rings (SSSR count). The highest BCUT2D eigenvalue weighted by Gasteiger charge is 2.50. The van der Waals surface area contributed by atoms with Crippen LogP contribution < -0.4 is 9.62 Å². The quantitative estimate of drug-likeness (QED) is 0.512. The molecule has 1 N–H and O–H groups in total. The minimum Gasteiger partial charge on any atom is -0.375 e. The van der Waals surface area contributed by atoms with E-state index in [0.29, 0.717) is 19.5 Å². The molecule has 6 nitrogen and oxygen atoms in total. The zero-order chi connectivity index (χ0) is 22.3. The molecule has 2 fully saturated rings. The molecular formula is C20H22ClF3N4O2S. The average Bonchev–Trinajstić information content (AvgIpc) is 3.14. The fourth-order valence-electron chi connectivity index (χ4n) is 4.34. The van der Waals surface area contributed by atoms with Crippen LogP contribution in [0.5, 0.6) is 0 Å². The molecule has 1 aromatic carbocycles. The number of hydrogen-bond donors (Lipinski definition) is 1. The number of pyridine rings is 1. The lowest BCUT2D eigenvalue weighted by Crippen LogP contribution is -2.61. The molecule has 168 valence electrons. The standard InChI is InChI=1S/C20H22ClF3N4O2S/c1-27-8-6-14(27)20(30-2)7-9-28(11-20)13-10-12(22)19(18(24)17(13)21)31(29)26-16-5-3-4-15(23)25-16/h3-5,10,14H,6-9,11H2,1-2H3,(H,25,26). The van der Waals surface area contributed by atoms with Gasteiger partial charge in [0.05, 0.1) is 5.69 Å². The van der Waals surface area contributed by atoms with Crippen molar-refractivity contribution >= 4 is 34.1 Å². The van der Waals surface area contributed by atoms with E-state index in [9.17, 15) is 13.0 Å². The predicted octanol–water partition coefficient (Wildman–Crippen LogP) is 3.59. The van der Waals surface area contributed by atoms with Gasteiger partial charge in [-0.25, -0.2) is 18.0 Å². The summed E-state index contributed by atoms with van der Waals surface area (Å²) in [6.07, 6.45) is 1.69. The summed E-state index contributed by atoms with van der Waals surface area (Å²) in [4.78, 5) is 6.74. The number of halogens is 4. The van der Waals surface area contributed by atoms with Crippen molar-refractivity contribution in [2.24, 2.45) is 0 Å². The maximum absolute atomic E-state index is 15.0. The van der Waals surface area contributed by atoms with Crippen LogP contribution in [0.2, 0.25) is 5.02 Å². The van der Waals surface area contributed by atoms with Crippen LogP contribution >= 0.6 is 11.6 Å². The second kappa shape index (κ2) is 8.57. The Kier molecular flexibility index (Phi) is 6.17. The Hall–Kier alpha value is -1.88. The number of hydrogen-bond acceptors (Lipinski definition) is 5. The second-order valence-corrected chi connectivity index (χ2v) is 9.30. The fourth-order valence-corrected chi connectivity index (χ4v) is 5.57. The number of rotatable bonds is 6. The zero-order valence-corrected chi connectivity index (χ0v) is 18.6. The van der Waals surface area contributed by atoms with Crippen LogP contribution in [0.1, 0.15) is 12.8 Å². The van der Waals surface area contributed by atoms with Gasteiger partial charge in [-0.1, -0.05) is 17.7 Å². The van der Waals surface area contributed by atoms with Crippen molar-refractivity contribution in [2.75, 3.05) is 43.4 Å². The summed E-state index contributed by atoms with van der Waals surface area (Å²) in [6, 6.07) is 5.07. The topological polar surface area (TPSA) is 57.7 Å². The number of aromatic nitrogens is 1. The Morgan fingerprint density at radius 2 is 2.10 bits per heavy atom. The molecule has 0 aliphatic carbocycles. The van der Waals surface area contributed by atoms with Crippen molar-refractivity contribution in [1.29, 1.82) is 0 Å². The highest BCUT2D eigenvalue weighted by atomic mass is 35.5. The summed E-state index contributed by atoms with van der Waals surface area (Å²) < 4.78 is 63.8. The van der Waals surface area contributed by atoms with E-state index in [4.69, 9.17) is 16.3 Å². The molecule has 2 saturated heterocycles. The maximum Gasteiger partial charge on any atom is 0.214 e. The van der Waals surface area contributed by atoms with Gasteiger partial charge in [0.2, 0.25) is 5.95 Å². The third-order valence-corrected chi connectivity index (χ3v) is 7.60. The van der Waals surface area contributed by atoms with E-state index in [1.54, 1.807) is 12.0 Å². The van der Waals surface area contributed by atoms with E-state index < -0.39 is 39.1 Å². The third kappa shape index (κ3) is 4.02. The molecule has 2 aromatic rings. The van der Waals surface area contributed by atoms with E-state index >= 15 is 4.39 Å². The monoisotopic (exact) mass is 474 g/mol. The predicted molar refractivity (Wildman–Crippen MR) is 113 cm³/mol. The molecule has 31 heavy (non-hydrogen) atoms. The smallest absolute Gasteiger partial charge is 0.214 e. The molecule has 2 aliphatic heterocycles. The van der Waals surface area contributed by atoms with Crippen LogP contribution in [0.15, 0.2) is 29.2 Å². The van der Waals surface area contributed by atoms with Crippen LogP contribution in [-0.4, -0.2) is 59.5 Å². The summed E-state index contributed by atoms with van der Waals surface area (Å²) in [5.74, 6) is -3.08. The Labute approximate surface area is 185 Å². The largest absolute Gasteiger partial charge is 0.375 e. The van der Waals surface area contributed by atoms with Gasteiger partial charge in [-0.2, -0.15) is 4.39 Å². The summed E-state index contributed by atoms with van der Waals surface area (Å²) in [5.41, 5.74) is -0.266. The molecule has 1 aromatic heterocycles. The number of nitrogens with one attached hydrogen (secondary N) is 1. The van der Waals surface area contributed by atoms with Gasteiger partial charge in [0, 0.05) is 32.3 Å². The van der Waals surface area contributed by atoms with Crippen LogP contribution in [0, 0.1) is 17.6 Å². The van der Waals surface area contributed by atoms with E-state index in [0.717, 1.165) is 25.1 Å². The number of likely N-dealkylation sites (N-methyl/N-ethyl adjacent to an activating group) is 1. The van der Waals surface area contributed by atoms with Gasteiger partial charge in [-0.05, 0) is 38.6 Å². The molecule has 0 radical (unpaired) electrons. The molecule has 3 unspecified atom stereocenters. The van der Waals surface area contributed by atoms with E-state index in [1.165, 1.54) is 12.1 Å². The first-order valence-electron chi connectivity index (χ1n) is 9.74. The van der Waals surface area contributed by atoms with Crippen LogP contribution in [0.25, 0.3) is 0 Å². The van der Waals surface area contributed by atoms with Crippen molar-refractivity contribution in [3.05, 3.63) is 46.9 Å². The number of ether oxygens (including phenoxy) is 1. The van der Waals surface area contributed by atoms with E-state index in [1.807, 2.05) is 7.05 Å². The lowest BCUT2D eigenvalue weighted by atomic mass is 9.84. The highest BCUT2D eigenvalue weighted by molar-refractivity contribution is 7.86. The van der Waals surface area contributed by atoms with E-state index in [2.05, 4.69) is 14.6 Å². The summed E-state index contributed by atoms with van der Waals surface area (Å²) >= 11 is 6.24. The third-order valence-electron chi connectivity index (χ3n) is 6.10. The maximum atomic E-state index is 15.0. The van der Waals surface area contributed by atoms with Crippen LogP contribution in [0.4, 0.5) is 24.7 Å². The Morgan fingerprint density at radius 1 is 1.32 bits per heavy atom. The average molecular weight is 475 g/mol. The van der Waals surface area contributed by atoms with Crippen molar-refractivity contribution in [3.63, 3.8) is 0 Å². The lowest BCUT2D eigenvalue weighted by Gasteiger charge is -2.48. The molecule has 0 spiro atoms. The molecule has 3 heterocycles. The summed E-state index contributed by atoms with van der Waals surface area (Å²) in [5, 5.41) is -0.326. The van der Waals surface area contributed by atoms with Gasteiger partial charge in [0.25, 0.3) is 0 Å². The van der Waals surface area contributed by atoms with Gasteiger partial charge in [0.1, 0.15) is 27.2 Å². The van der Waals surface area contributed by atoms with Gasteiger partial charge >= 0.3 is 0 Å². The Balaban J connectivity index is 1.59. The first-order valence-corrected chi connectivity index (χ1v) is 11.3. The van der Waals surface area contributed by atoms with E-state index in [-0.39, 0.29) is 22.6 Å². The number of nitrogens with zero attached hydrogens (tertiary/aromatic N) is 3. The van der Waals surface area contributed by atoms with Crippen LogP contribution in [-0.2, 0) is 15.7 Å². The minimum absolute atomic E-state index is 0.119. The fraction of sp³-hybridized carbons (Fsp3) is 0.450. The van der Waals surface area contributed by atoms with Crippen molar-refractivity contribution in [2.45, 2.75) is 29.4 Å². The molecule has 3 atom stereocenters. The molecule has 0 saturated carbocycles. The SMILES string of the molecule is COC1(C2CCN2C)CCN(c2cc(F)c(S(=O)Nc3cccc(F)n3)c(F)c2Cl)C1. The van der Waals surface area contributed by atoms with Gasteiger partial charge < -0.3 is 14.5 Å². The summed E-state index contributed by atoms with van der Waals surface area (Å²) in [7, 11) is 1.30. The lowest BCUT2D eigenvalue weighted by molar-refractivity contribution is -0.0937.